The molecule has 0 bridgehead atoms. The Morgan fingerprint density at radius 3 is 1.62 bits per heavy atom. The standard InChI is InChI=1S/C26H29NO7/c1-6-34-26(29)27-15-19(11-17-7-9-21(30-2)23(13-17)32-4)25(28)20(16-27)12-18-8-10-22(31-3)24(14-18)33-5/h7-14H,6,15-16H2,1-5H3. The summed E-state index contributed by atoms with van der Waals surface area (Å²) in [5.41, 5.74) is 2.41. The Morgan fingerprint density at radius 1 is 0.794 bits per heavy atom. The maximum atomic E-state index is 13.4. The van der Waals surface area contributed by atoms with Crippen LogP contribution in [0.15, 0.2) is 47.5 Å². The fraction of sp³-hybridized carbons (Fsp3) is 0.308. The van der Waals surface area contributed by atoms with Gasteiger partial charge >= 0.3 is 6.09 Å². The van der Waals surface area contributed by atoms with Crippen molar-refractivity contribution in [1.82, 2.24) is 4.90 Å². The van der Waals surface area contributed by atoms with Crippen LogP contribution in [0, 0.1) is 0 Å². The fourth-order valence-corrected chi connectivity index (χ4v) is 3.67. The normalized spacial score (nSPS) is 15.9. The van der Waals surface area contributed by atoms with Gasteiger partial charge in [0.25, 0.3) is 0 Å². The minimum absolute atomic E-state index is 0.134. The average molecular weight is 468 g/mol. The van der Waals surface area contributed by atoms with E-state index >= 15 is 0 Å². The molecule has 1 fully saturated rings. The summed E-state index contributed by atoms with van der Waals surface area (Å²) < 4.78 is 26.5. The van der Waals surface area contributed by atoms with Crippen molar-refractivity contribution in [1.29, 1.82) is 0 Å². The van der Waals surface area contributed by atoms with Crippen molar-refractivity contribution in [3.8, 4) is 23.0 Å². The molecule has 0 unspecified atom stereocenters. The van der Waals surface area contributed by atoms with Gasteiger partial charge in [0.15, 0.2) is 28.8 Å². The molecule has 0 spiro atoms. The van der Waals surface area contributed by atoms with Crippen molar-refractivity contribution in [2.45, 2.75) is 6.92 Å². The number of rotatable bonds is 7. The third-order valence-corrected chi connectivity index (χ3v) is 5.33. The summed E-state index contributed by atoms with van der Waals surface area (Å²) in [6.45, 7) is 2.26. The maximum absolute atomic E-state index is 13.4. The van der Waals surface area contributed by atoms with E-state index in [1.54, 1.807) is 71.8 Å². The highest BCUT2D eigenvalue weighted by Gasteiger charge is 2.30. The molecule has 0 saturated carbocycles. The Hall–Kier alpha value is -3.94. The number of benzene rings is 2. The lowest BCUT2D eigenvalue weighted by Crippen LogP contribution is -2.41. The lowest BCUT2D eigenvalue weighted by Gasteiger charge is -2.29. The molecule has 1 amide bonds. The van der Waals surface area contributed by atoms with Crippen molar-refractivity contribution >= 4 is 24.0 Å². The Labute approximate surface area is 199 Å². The number of amides is 1. The predicted molar refractivity (Wildman–Crippen MR) is 129 cm³/mol. The highest BCUT2D eigenvalue weighted by atomic mass is 16.6. The second kappa shape index (κ2) is 11.3. The number of hydrogen-bond donors (Lipinski definition) is 0. The first-order valence-corrected chi connectivity index (χ1v) is 10.8. The van der Waals surface area contributed by atoms with Gasteiger partial charge in [0.1, 0.15) is 0 Å². The van der Waals surface area contributed by atoms with Crippen LogP contribution in [0.1, 0.15) is 18.1 Å². The van der Waals surface area contributed by atoms with Gasteiger partial charge < -0.3 is 23.7 Å². The molecule has 8 heteroatoms. The van der Waals surface area contributed by atoms with E-state index < -0.39 is 6.09 Å². The second-order valence-corrected chi connectivity index (χ2v) is 7.45. The van der Waals surface area contributed by atoms with E-state index in [1.807, 2.05) is 12.1 Å². The van der Waals surface area contributed by atoms with Crippen LogP contribution in [0.4, 0.5) is 4.79 Å². The zero-order valence-electron chi connectivity index (χ0n) is 20.0. The van der Waals surface area contributed by atoms with Crippen LogP contribution in [0.5, 0.6) is 23.0 Å². The zero-order valence-corrected chi connectivity index (χ0v) is 20.0. The largest absolute Gasteiger partial charge is 0.493 e. The Kier molecular flexibility index (Phi) is 8.19. The molecule has 0 radical (unpaired) electrons. The molecular formula is C26H29NO7. The smallest absolute Gasteiger partial charge is 0.410 e. The fourth-order valence-electron chi connectivity index (χ4n) is 3.67. The summed E-state index contributed by atoms with van der Waals surface area (Å²) >= 11 is 0. The summed E-state index contributed by atoms with van der Waals surface area (Å²) in [6, 6.07) is 10.7. The molecule has 0 aliphatic carbocycles. The Balaban J connectivity index is 2.02. The number of ether oxygens (including phenoxy) is 5. The lowest BCUT2D eigenvalue weighted by molar-refractivity contribution is -0.113. The molecule has 180 valence electrons. The van der Waals surface area contributed by atoms with Crippen LogP contribution < -0.4 is 18.9 Å². The average Bonchev–Trinajstić information content (AvgIpc) is 2.86. The summed E-state index contributed by atoms with van der Waals surface area (Å²) in [7, 11) is 6.21. The monoisotopic (exact) mass is 467 g/mol. The number of Topliss-reactive ketones (excluding diaryl/α,β-unsaturated/α-hetero) is 1. The zero-order chi connectivity index (χ0) is 24.7. The number of carbonyl (C=O) groups excluding carboxylic acids is 2. The van der Waals surface area contributed by atoms with Gasteiger partial charge in [-0.15, -0.1) is 0 Å². The van der Waals surface area contributed by atoms with Crippen molar-refractivity contribution < 1.29 is 33.3 Å². The van der Waals surface area contributed by atoms with Gasteiger partial charge in [-0.1, -0.05) is 12.1 Å². The van der Waals surface area contributed by atoms with E-state index in [0.29, 0.717) is 34.1 Å². The molecule has 1 aliphatic heterocycles. The van der Waals surface area contributed by atoms with E-state index in [2.05, 4.69) is 0 Å². The molecule has 0 N–H and O–H groups in total. The molecule has 2 aromatic carbocycles. The van der Waals surface area contributed by atoms with Gasteiger partial charge in [0, 0.05) is 11.1 Å². The molecule has 34 heavy (non-hydrogen) atoms. The van der Waals surface area contributed by atoms with Gasteiger partial charge in [0.2, 0.25) is 0 Å². The van der Waals surface area contributed by atoms with E-state index in [-0.39, 0.29) is 25.5 Å². The number of piperidine rings is 1. The van der Waals surface area contributed by atoms with E-state index in [1.165, 1.54) is 4.90 Å². The maximum Gasteiger partial charge on any atom is 0.410 e. The van der Waals surface area contributed by atoms with Gasteiger partial charge in [-0.3, -0.25) is 9.69 Å². The van der Waals surface area contributed by atoms with Crippen molar-refractivity contribution in [3.63, 3.8) is 0 Å². The molecule has 0 aromatic heterocycles. The molecular weight excluding hydrogens is 438 g/mol. The highest BCUT2D eigenvalue weighted by Crippen LogP contribution is 2.31. The Bertz CT molecular complexity index is 1040. The first-order valence-electron chi connectivity index (χ1n) is 10.8. The quantitative estimate of drug-likeness (QED) is 0.564. The molecule has 1 aliphatic rings. The molecule has 8 nitrogen and oxygen atoms in total. The molecule has 1 heterocycles. The third kappa shape index (κ3) is 5.51. The number of methoxy groups -OCH3 is 4. The van der Waals surface area contributed by atoms with E-state index in [9.17, 15) is 9.59 Å². The van der Waals surface area contributed by atoms with Crippen molar-refractivity contribution in [2.75, 3.05) is 48.1 Å². The van der Waals surface area contributed by atoms with Gasteiger partial charge in [0.05, 0.1) is 48.1 Å². The number of hydrogen-bond acceptors (Lipinski definition) is 7. The van der Waals surface area contributed by atoms with Crippen molar-refractivity contribution in [2.24, 2.45) is 0 Å². The minimum atomic E-state index is -0.480. The van der Waals surface area contributed by atoms with Crippen LogP contribution in [-0.2, 0) is 9.53 Å². The van der Waals surface area contributed by atoms with E-state index in [4.69, 9.17) is 23.7 Å². The number of likely N-dealkylation sites (tertiary alicyclic amines) is 1. The molecule has 1 saturated heterocycles. The predicted octanol–water partition coefficient (Wildman–Crippen LogP) is 4.23. The topological polar surface area (TPSA) is 83.5 Å². The summed E-state index contributed by atoms with van der Waals surface area (Å²) in [5, 5.41) is 0. The first-order chi connectivity index (χ1) is 16.4. The minimum Gasteiger partial charge on any atom is -0.493 e. The third-order valence-electron chi connectivity index (χ3n) is 5.33. The summed E-state index contributed by atoms with van der Waals surface area (Å²) in [4.78, 5) is 27.4. The van der Waals surface area contributed by atoms with Gasteiger partial charge in [-0.2, -0.15) is 0 Å². The summed E-state index contributed by atoms with van der Waals surface area (Å²) in [6.07, 6.45) is 3.02. The molecule has 3 rings (SSSR count). The molecule has 2 aromatic rings. The van der Waals surface area contributed by atoms with E-state index in [0.717, 1.165) is 11.1 Å². The van der Waals surface area contributed by atoms with Crippen LogP contribution >= 0.6 is 0 Å². The van der Waals surface area contributed by atoms with Crippen LogP contribution in [0.3, 0.4) is 0 Å². The van der Waals surface area contributed by atoms with Crippen molar-refractivity contribution in [3.05, 3.63) is 58.7 Å². The lowest BCUT2D eigenvalue weighted by atomic mass is 9.94. The summed E-state index contributed by atoms with van der Waals surface area (Å²) in [5.74, 6) is 2.11. The van der Waals surface area contributed by atoms with Gasteiger partial charge in [-0.05, 0) is 54.5 Å². The van der Waals surface area contributed by atoms with Crippen LogP contribution in [-0.4, -0.2) is 64.9 Å². The first kappa shape index (κ1) is 24.7. The SMILES string of the molecule is CCOC(=O)N1CC(=Cc2ccc(OC)c(OC)c2)C(=O)C(=Cc2ccc(OC)c(OC)c2)C1. The Morgan fingerprint density at radius 2 is 1.24 bits per heavy atom. The van der Waals surface area contributed by atoms with Gasteiger partial charge in [-0.25, -0.2) is 4.79 Å². The number of carbonyl (C=O) groups is 2. The number of ketones is 1. The van der Waals surface area contributed by atoms with Crippen LogP contribution in [0.25, 0.3) is 12.2 Å². The van der Waals surface area contributed by atoms with Crippen LogP contribution in [0.2, 0.25) is 0 Å². The molecule has 0 atom stereocenters. The number of nitrogens with zero attached hydrogens (tertiary/aromatic N) is 1. The highest BCUT2D eigenvalue weighted by molar-refractivity contribution is 6.15. The second-order valence-electron chi connectivity index (χ2n) is 7.45.